The van der Waals surface area contributed by atoms with E-state index < -0.39 is 6.17 Å². The van der Waals surface area contributed by atoms with Gasteiger partial charge in [-0.3, -0.25) is 19.9 Å². The van der Waals surface area contributed by atoms with Gasteiger partial charge in [0, 0.05) is 56.8 Å². The number of carbonyl (C=O) groups is 1. The zero-order valence-electron chi connectivity index (χ0n) is 23.3. The number of hydrogen-bond acceptors (Lipinski definition) is 6. The maximum Gasteiger partial charge on any atom is 0.237 e. The molecule has 2 saturated carbocycles. The molecule has 8 unspecified atom stereocenters. The molecule has 7 nitrogen and oxygen atoms in total. The summed E-state index contributed by atoms with van der Waals surface area (Å²) in [5.41, 5.74) is -0.206. The summed E-state index contributed by atoms with van der Waals surface area (Å²) in [7, 11) is 2.21. The molecule has 6 aliphatic rings. The van der Waals surface area contributed by atoms with Crippen LogP contribution in [-0.2, 0) is 4.79 Å². The number of piperazine rings is 1. The van der Waals surface area contributed by atoms with Gasteiger partial charge in [0.1, 0.15) is 6.17 Å². The molecule has 0 aromatic carbocycles. The molecule has 0 bridgehead atoms. The molecule has 0 radical (unpaired) electrons. The minimum absolute atomic E-state index is 0.0217. The molecule has 4 heterocycles. The second-order valence-electron chi connectivity index (χ2n) is 13.4. The van der Waals surface area contributed by atoms with Gasteiger partial charge in [0.05, 0.1) is 18.4 Å². The highest BCUT2D eigenvalue weighted by Crippen LogP contribution is 2.53. The number of amides is 1. The largest absolute Gasteiger partial charge is 0.352 e. The topological polar surface area (TPSA) is 62.9 Å². The van der Waals surface area contributed by atoms with Gasteiger partial charge < -0.3 is 15.5 Å². The van der Waals surface area contributed by atoms with Crippen LogP contribution in [0.15, 0.2) is 0 Å². The molecule has 8 atom stereocenters. The van der Waals surface area contributed by atoms with Crippen molar-refractivity contribution in [3.63, 3.8) is 0 Å². The number of fused-ring (bicyclic) bond motifs is 2. The van der Waals surface area contributed by atoms with Crippen LogP contribution in [0.5, 0.6) is 0 Å². The highest BCUT2D eigenvalue weighted by molar-refractivity contribution is 5.82. The third-order valence-electron chi connectivity index (χ3n) is 11.3. The lowest BCUT2D eigenvalue weighted by atomic mass is 9.59. The molecule has 6 fully saturated rings. The Morgan fingerprint density at radius 3 is 2.46 bits per heavy atom. The number of alkyl halides is 1. The van der Waals surface area contributed by atoms with Gasteiger partial charge in [-0.15, -0.1) is 0 Å². The molecule has 0 aromatic heterocycles. The van der Waals surface area contributed by atoms with E-state index in [0.29, 0.717) is 37.0 Å². The number of hydrogen-bond donors (Lipinski definition) is 3. The van der Waals surface area contributed by atoms with Crippen LogP contribution in [0.4, 0.5) is 4.39 Å². The molecule has 8 heteroatoms. The highest BCUT2D eigenvalue weighted by Gasteiger charge is 2.60. The lowest BCUT2D eigenvalue weighted by Gasteiger charge is -2.51. The first-order valence-electron chi connectivity index (χ1n) is 15.6. The molecule has 1 amide bonds. The van der Waals surface area contributed by atoms with Gasteiger partial charge in [-0.1, -0.05) is 32.6 Å². The normalized spacial score (nSPS) is 44.8. The predicted octanol–water partition coefficient (Wildman–Crippen LogP) is 2.53. The molecule has 37 heavy (non-hydrogen) atoms. The Hall–Kier alpha value is -0.800. The number of nitrogens with one attached hydrogen (secondary N) is 3. The summed E-state index contributed by atoms with van der Waals surface area (Å²) in [6, 6.07) is -0.0930. The van der Waals surface area contributed by atoms with Crippen LogP contribution in [0.3, 0.4) is 0 Å². The SMILES string of the molecule is CC1CCC(F)C2CC(C(=O)NC3CC4NCCN4C(N4CCN(C)CC4)C3)NC12C1CCCCCC1. The summed E-state index contributed by atoms with van der Waals surface area (Å²) in [4.78, 5) is 21.5. The quantitative estimate of drug-likeness (QED) is 0.498. The van der Waals surface area contributed by atoms with E-state index in [2.05, 4.69) is 44.6 Å². The molecule has 6 rings (SSSR count). The van der Waals surface area contributed by atoms with Crippen molar-refractivity contribution in [2.24, 2.45) is 17.8 Å². The van der Waals surface area contributed by atoms with Gasteiger partial charge in [0.15, 0.2) is 0 Å². The van der Waals surface area contributed by atoms with Crippen molar-refractivity contribution in [3.8, 4) is 0 Å². The Balaban J connectivity index is 1.16. The maximum absolute atomic E-state index is 15.5. The Bertz CT molecular complexity index is 799. The first-order valence-corrected chi connectivity index (χ1v) is 15.6. The van der Waals surface area contributed by atoms with Crippen molar-refractivity contribution in [3.05, 3.63) is 0 Å². The number of carbonyl (C=O) groups excluding carboxylic acids is 1. The van der Waals surface area contributed by atoms with Crippen molar-refractivity contribution in [1.29, 1.82) is 0 Å². The number of piperidine rings is 1. The van der Waals surface area contributed by atoms with E-state index in [9.17, 15) is 4.79 Å². The molecule has 3 N–H and O–H groups in total. The molecule has 4 saturated heterocycles. The molecule has 4 aliphatic heterocycles. The van der Waals surface area contributed by atoms with E-state index in [1.807, 2.05) is 0 Å². The Kier molecular flexibility index (Phi) is 7.85. The fourth-order valence-corrected chi connectivity index (χ4v) is 9.34. The van der Waals surface area contributed by atoms with Crippen LogP contribution >= 0.6 is 0 Å². The minimum atomic E-state index is -0.780. The summed E-state index contributed by atoms with van der Waals surface area (Å²) >= 11 is 0. The molecule has 0 spiro atoms. The van der Waals surface area contributed by atoms with Crippen LogP contribution in [0.1, 0.15) is 77.6 Å². The van der Waals surface area contributed by atoms with Gasteiger partial charge in [-0.2, -0.15) is 0 Å². The van der Waals surface area contributed by atoms with Crippen molar-refractivity contribution in [2.45, 2.75) is 114 Å². The summed E-state index contributed by atoms with van der Waals surface area (Å²) in [5, 5.41) is 11.1. The summed E-state index contributed by atoms with van der Waals surface area (Å²) in [6.07, 6.45) is 11.6. The van der Waals surface area contributed by atoms with Gasteiger partial charge in [-0.05, 0) is 63.8 Å². The number of halogens is 1. The minimum Gasteiger partial charge on any atom is -0.352 e. The third-order valence-corrected chi connectivity index (χ3v) is 11.3. The zero-order chi connectivity index (χ0) is 25.6. The van der Waals surface area contributed by atoms with E-state index in [-0.39, 0.29) is 29.4 Å². The van der Waals surface area contributed by atoms with Crippen LogP contribution < -0.4 is 16.0 Å². The molecule has 0 aromatic rings. The standard InChI is InChI=1S/C29H51FN6O/c1-20-9-10-24(30)23-19-25(33-29(20,23)21-7-5-3-4-6-8-21)28(37)32-22-17-26-31-11-12-36(26)27(18-22)35-15-13-34(2)14-16-35/h20-27,31,33H,3-19H2,1-2H3,(H,32,37). The monoisotopic (exact) mass is 518 g/mol. The summed E-state index contributed by atoms with van der Waals surface area (Å²) in [6.45, 7) is 8.86. The fraction of sp³-hybridized carbons (Fsp3) is 0.966. The van der Waals surface area contributed by atoms with E-state index in [0.717, 1.165) is 58.5 Å². The van der Waals surface area contributed by atoms with Gasteiger partial charge in [0.2, 0.25) is 5.91 Å². The van der Waals surface area contributed by atoms with Crippen LogP contribution in [-0.4, -0.2) is 103 Å². The van der Waals surface area contributed by atoms with E-state index in [1.54, 1.807) is 0 Å². The molecular formula is C29H51FN6O. The van der Waals surface area contributed by atoms with E-state index in [1.165, 1.54) is 38.5 Å². The fourth-order valence-electron chi connectivity index (χ4n) is 9.34. The highest BCUT2D eigenvalue weighted by atomic mass is 19.1. The molecule has 2 aliphatic carbocycles. The van der Waals surface area contributed by atoms with Crippen LogP contribution in [0, 0.1) is 17.8 Å². The van der Waals surface area contributed by atoms with Gasteiger partial charge >= 0.3 is 0 Å². The van der Waals surface area contributed by atoms with E-state index in [4.69, 9.17) is 0 Å². The summed E-state index contributed by atoms with van der Waals surface area (Å²) < 4.78 is 15.5. The lowest BCUT2D eigenvalue weighted by molar-refractivity contribution is -0.125. The van der Waals surface area contributed by atoms with Crippen molar-refractivity contribution in [2.75, 3.05) is 46.3 Å². The van der Waals surface area contributed by atoms with Gasteiger partial charge in [-0.25, -0.2) is 4.39 Å². The van der Waals surface area contributed by atoms with Crippen molar-refractivity contribution < 1.29 is 9.18 Å². The second kappa shape index (κ2) is 11.0. The van der Waals surface area contributed by atoms with Crippen LogP contribution in [0.2, 0.25) is 0 Å². The first kappa shape index (κ1) is 26.4. The Labute approximate surface area is 223 Å². The molecular weight excluding hydrogens is 467 g/mol. The van der Waals surface area contributed by atoms with E-state index >= 15 is 4.39 Å². The number of likely N-dealkylation sites (N-methyl/N-ethyl adjacent to an activating group) is 1. The van der Waals surface area contributed by atoms with Crippen molar-refractivity contribution >= 4 is 5.91 Å². The van der Waals surface area contributed by atoms with Crippen molar-refractivity contribution in [1.82, 2.24) is 30.7 Å². The number of rotatable bonds is 4. The smallest absolute Gasteiger partial charge is 0.237 e. The Morgan fingerprint density at radius 2 is 1.70 bits per heavy atom. The predicted molar refractivity (Wildman–Crippen MR) is 145 cm³/mol. The summed E-state index contributed by atoms with van der Waals surface area (Å²) in [5.74, 6) is 1.03. The Morgan fingerprint density at radius 1 is 0.946 bits per heavy atom. The molecule has 210 valence electrons. The average Bonchev–Trinajstić information content (AvgIpc) is 3.45. The zero-order valence-corrected chi connectivity index (χ0v) is 23.3. The second-order valence-corrected chi connectivity index (χ2v) is 13.4. The lowest BCUT2D eigenvalue weighted by Crippen LogP contribution is -2.64. The van der Waals surface area contributed by atoms with Gasteiger partial charge in [0.25, 0.3) is 0 Å². The average molecular weight is 519 g/mol. The first-order chi connectivity index (χ1) is 18.0. The number of nitrogens with zero attached hydrogens (tertiary/aromatic N) is 3. The van der Waals surface area contributed by atoms with Crippen LogP contribution in [0.25, 0.3) is 0 Å². The maximum atomic E-state index is 15.5. The third kappa shape index (κ3) is 4.99.